The quantitative estimate of drug-likeness (QED) is 0.668. The second kappa shape index (κ2) is 6.75. The number of nitrogens with one attached hydrogen (secondary N) is 2. The van der Waals surface area contributed by atoms with Crippen molar-refractivity contribution in [3.63, 3.8) is 0 Å². The molecule has 22 heavy (non-hydrogen) atoms. The Hall–Kier alpha value is -3.55. The number of primary amides is 1. The minimum Gasteiger partial charge on any atom is -0.351 e. The molecule has 0 spiro atoms. The summed E-state index contributed by atoms with van der Waals surface area (Å²) in [4.78, 5) is 10.4. The normalized spacial score (nSPS) is 9.50. The molecule has 110 valence electrons. The minimum absolute atomic E-state index is 0.222. The van der Waals surface area contributed by atoms with Gasteiger partial charge in [0.2, 0.25) is 0 Å². The number of amides is 2. The van der Waals surface area contributed by atoms with Crippen molar-refractivity contribution >= 4 is 21.7 Å². The van der Waals surface area contributed by atoms with Crippen LogP contribution in [0.15, 0.2) is 40.4 Å². The molecule has 0 radical (unpaired) electrons. The summed E-state index contributed by atoms with van der Waals surface area (Å²) in [6.45, 7) is 0. The highest BCUT2D eigenvalue weighted by Gasteiger charge is 2.15. The molecular weight excluding hydrogens is 308 g/mol. The van der Waals surface area contributed by atoms with Crippen LogP contribution >= 0.6 is 0 Å². The zero-order valence-corrected chi connectivity index (χ0v) is 11.7. The molecule has 0 aliphatic rings. The van der Waals surface area contributed by atoms with E-state index >= 15 is 0 Å². The fourth-order valence-electron chi connectivity index (χ4n) is 1.34. The van der Waals surface area contributed by atoms with Gasteiger partial charge in [-0.3, -0.25) is 0 Å². The Labute approximate surface area is 125 Å². The van der Waals surface area contributed by atoms with Gasteiger partial charge >= 0.3 is 6.03 Å². The summed E-state index contributed by atoms with van der Waals surface area (Å²) in [5.74, 6) is 0. The molecule has 0 unspecified atom stereocenters. The van der Waals surface area contributed by atoms with E-state index in [0.29, 0.717) is 0 Å². The molecular formula is C12H8N6O3S. The van der Waals surface area contributed by atoms with Gasteiger partial charge in [-0.25, -0.2) is 17.9 Å². The van der Waals surface area contributed by atoms with E-state index in [0.717, 1.165) is 12.1 Å². The Morgan fingerprint density at radius 2 is 1.59 bits per heavy atom. The molecule has 2 amide bonds. The molecule has 0 aromatic heterocycles. The van der Waals surface area contributed by atoms with Crippen LogP contribution in [0.2, 0.25) is 0 Å². The molecule has 0 saturated heterocycles. The second-order valence-electron chi connectivity index (χ2n) is 3.70. The Balaban J connectivity index is 3.08. The topological polar surface area (TPSA) is 173 Å². The lowest BCUT2D eigenvalue weighted by Gasteiger charge is -2.07. The van der Waals surface area contributed by atoms with Gasteiger partial charge in [0, 0.05) is 5.69 Å². The van der Waals surface area contributed by atoms with Gasteiger partial charge in [-0.15, -0.1) is 0 Å². The van der Waals surface area contributed by atoms with Crippen molar-refractivity contribution in [3.8, 4) is 18.2 Å². The first-order valence-electron chi connectivity index (χ1n) is 5.48. The molecule has 0 aliphatic carbocycles. The van der Waals surface area contributed by atoms with Crippen LogP contribution < -0.4 is 15.8 Å². The van der Waals surface area contributed by atoms with E-state index < -0.39 is 21.6 Å². The van der Waals surface area contributed by atoms with Crippen LogP contribution in [0.1, 0.15) is 0 Å². The van der Waals surface area contributed by atoms with Gasteiger partial charge in [0.15, 0.2) is 5.57 Å². The predicted molar refractivity (Wildman–Crippen MR) is 73.8 cm³/mol. The zero-order valence-electron chi connectivity index (χ0n) is 10.9. The fourth-order valence-corrected chi connectivity index (χ4v) is 2.21. The summed E-state index contributed by atoms with van der Waals surface area (Å²) in [7, 11) is -4.07. The van der Waals surface area contributed by atoms with Gasteiger partial charge in [-0.05, 0) is 24.3 Å². The van der Waals surface area contributed by atoms with E-state index in [1.807, 2.05) is 0 Å². The summed E-state index contributed by atoms with van der Waals surface area (Å²) in [5, 5.41) is 28.8. The van der Waals surface area contributed by atoms with Crippen molar-refractivity contribution in [2.45, 2.75) is 4.90 Å². The number of anilines is 1. The Morgan fingerprint density at radius 3 is 2.00 bits per heavy atom. The third-order valence-electron chi connectivity index (χ3n) is 2.25. The van der Waals surface area contributed by atoms with E-state index in [2.05, 4.69) is 5.32 Å². The smallest absolute Gasteiger partial charge is 0.326 e. The molecule has 0 atom stereocenters. The van der Waals surface area contributed by atoms with Crippen molar-refractivity contribution in [2.24, 2.45) is 5.73 Å². The largest absolute Gasteiger partial charge is 0.351 e. The number of rotatable bonds is 4. The van der Waals surface area contributed by atoms with Crippen molar-refractivity contribution in [1.82, 2.24) is 4.72 Å². The predicted octanol–water partition coefficient (Wildman–Crippen LogP) is 0.280. The van der Waals surface area contributed by atoms with Gasteiger partial charge in [0.25, 0.3) is 10.0 Å². The van der Waals surface area contributed by atoms with Crippen LogP contribution in [-0.2, 0) is 10.0 Å². The molecule has 0 saturated carbocycles. The molecule has 0 bridgehead atoms. The van der Waals surface area contributed by atoms with E-state index in [1.165, 1.54) is 12.1 Å². The van der Waals surface area contributed by atoms with Crippen molar-refractivity contribution in [3.05, 3.63) is 35.5 Å². The molecule has 0 heterocycles. The zero-order chi connectivity index (χ0) is 16.8. The van der Waals surface area contributed by atoms with Crippen molar-refractivity contribution in [1.29, 1.82) is 15.8 Å². The van der Waals surface area contributed by atoms with Crippen molar-refractivity contribution in [2.75, 3.05) is 5.32 Å². The molecule has 0 fully saturated rings. The summed E-state index contributed by atoms with van der Waals surface area (Å²) in [5.41, 5.74) is 4.35. The number of hydrogen-bond donors (Lipinski definition) is 3. The van der Waals surface area contributed by atoms with Crippen LogP contribution in [0.3, 0.4) is 0 Å². The van der Waals surface area contributed by atoms with Crippen LogP contribution in [0.5, 0.6) is 0 Å². The fraction of sp³-hybridized carbons (Fsp3) is 0. The maximum atomic E-state index is 11.7. The first-order valence-corrected chi connectivity index (χ1v) is 6.96. The monoisotopic (exact) mass is 316 g/mol. The molecule has 4 N–H and O–H groups in total. The average Bonchev–Trinajstić information content (AvgIpc) is 2.46. The van der Waals surface area contributed by atoms with Gasteiger partial charge in [-0.1, -0.05) is 0 Å². The lowest BCUT2D eigenvalue weighted by Crippen LogP contribution is -2.34. The standard InChI is InChI=1S/C12H8N6O3S/c13-5-8(6-14)11(7-15)17-9-1-3-10(4-2-9)22(20,21)18-12(16)19/h1-4,17H,(H3,16,18,19). The third kappa shape index (κ3) is 3.97. The lowest BCUT2D eigenvalue weighted by atomic mass is 10.2. The van der Waals surface area contributed by atoms with E-state index in [4.69, 9.17) is 21.5 Å². The highest BCUT2D eigenvalue weighted by Crippen LogP contribution is 2.16. The van der Waals surface area contributed by atoms with E-state index in [-0.39, 0.29) is 16.3 Å². The summed E-state index contributed by atoms with van der Waals surface area (Å²) < 4.78 is 24.9. The molecule has 1 aromatic rings. The number of urea groups is 1. The molecule has 1 aromatic carbocycles. The van der Waals surface area contributed by atoms with Crippen LogP contribution in [0, 0.1) is 34.0 Å². The molecule has 9 nitrogen and oxygen atoms in total. The maximum absolute atomic E-state index is 11.7. The van der Waals surface area contributed by atoms with Crippen molar-refractivity contribution < 1.29 is 13.2 Å². The highest BCUT2D eigenvalue weighted by molar-refractivity contribution is 7.90. The number of carbonyl (C=O) groups excluding carboxylic acids is 1. The average molecular weight is 316 g/mol. The Kier molecular flexibility index (Phi) is 5.06. The number of allylic oxidation sites excluding steroid dienone is 2. The molecule has 10 heteroatoms. The SMILES string of the molecule is N#CC(C#N)=C(C#N)Nc1ccc(S(=O)(=O)NC(N)=O)cc1. The van der Waals surface area contributed by atoms with Crippen LogP contribution in [-0.4, -0.2) is 14.4 Å². The summed E-state index contributed by atoms with van der Waals surface area (Å²) in [6.07, 6.45) is 0. The van der Waals surface area contributed by atoms with Crippen LogP contribution in [0.25, 0.3) is 0 Å². The third-order valence-corrected chi connectivity index (χ3v) is 3.62. The van der Waals surface area contributed by atoms with E-state index in [9.17, 15) is 13.2 Å². The number of carbonyl (C=O) groups is 1. The first-order chi connectivity index (χ1) is 10.3. The number of nitrogens with two attached hydrogens (primary N) is 1. The first kappa shape index (κ1) is 16.5. The highest BCUT2D eigenvalue weighted by atomic mass is 32.2. The van der Waals surface area contributed by atoms with Gasteiger partial charge in [0.05, 0.1) is 4.90 Å². The van der Waals surface area contributed by atoms with Crippen LogP contribution in [0.4, 0.5) is 10.5 Å². The van der Waals surface area contributed by atoms with E-state index in [1.54, 1.807) is 22.9 Å². The Bertz CT molecular complexity index is 834. The van der Waals surface area contributed by atoms with Gasteiger partial charge < -0.3 is 11.1 Å². The summed E-state index contributed by atoms with van der Waals surface area (Å²) >= 11 is 0. The number of hydrogen-bond acceptors (Lipinski definition) is 7. The number of nitrogens with zero attached hydrogens (tertiary/aromatic N) is 3. The number of benzene rings is 1. The number of sulfonamides is 1. The second-order valence-corrected chi connectivity index (χ2v) is 5.39. The summed E-state index contributed by atoms with van der Waals surface area (Å²) in [6, 6.07) is 8.44. The lowest BCUT2D eigenvalue weighted by molar-refractivity contribution is 0.253. The minimum atomic E-state index is -4.07. The maximum Gasteiger partial charge on any atom is 0.326 e. The number of nitriles is 3. The van der Waals surface area contributed by atoms with Gasteiger partial charge in [-0.2, -0.15) is 15.8 Å². The Morgan fingerprint density at radius 1 is 1.05 bits per heavy atom. The molecule has 1 rings (SSSR count). The molecule has 0 aliphatic heterocycles. The van der Waals surface area contributed by atoms with Gasteiger partial charge in [0.1, 0.15) is 23.9 Å².